The van der Waals surface area contributed by atoms with E-state index in [1.807, 2.05) is 24.4 Å². The standard InChI is InChI=1S/C13H15N3/c14-11-5-3-4-10(8-11)12-9-15-16-7-2-1-6-13(12)16/h3-5,8-9H,1-2,6-7,14H2. The molecule has 82 valence electrons. The van der Waals surface area contributed by atoms with Crippen LogP contribution in [-0.4, -0.2) is 9.78 Å². The molecule has 0 saturated carbocycles. The number of aryl methyl sites for hydroxylation is 1. The van der Waals surface area contributed by atoms with Gasteiger partial charge < -0.3 is 5.73 Å². The Hall–Kier alpha value is -1.77. The van der Waals surface area contributed by atoms with Gasteiger partial charge in [0, 0.05) is 23.5 Å². The lowest BCUT2D eigenvalue weighted by atomic mass is 10.0. The van der Waals surface area contributed by atoms with E-state index >= 15 is 0 Å². The topological polar surface area (TPSA) is 43.8 Å². The van der Waals surface area contributed by atoms with Crippen LogP contribution in [0.15, 0.2) is 30.5 Å². The van der Waals surface area contributed by atoms with Crippen LogP contribution in [0.25, 0.3) is 11.1 Å². The van der Waals surface area contributed by atoms with Gasteiger partial charge in [0.05, 0.1) is 6.20 Å². The number of fused-ring (bicyclic) bond motifs is 1. The number of rotatable bonds is 1. The van der Waals surface area contributed by atoms with Gasteiger partial charge in [0.25, 0.3) is 0 Å². The molecule has 2 aromatic rings. The number of anilines is 1. The van der Waals surface area contributed by atoms with Gasteiger partial charge in [-0.3, -0.25) is 4.68 Å². The first-order valence-corrected chi connectivity index (χ1v) is 5.75. The van der Waals surface area contributed by atoms with E-state index in [9.17, 15) is 0 Å². The fraction of sp³-hybridized carbons (Fsp3) is 0.308. The van der Waals surface area contributed by atoms with Crippen molar-refractivity contribution in [2.24, 2.45) is 0 Å². The second-order valence-electron chi connectivity index (χ2n) is 4.31. The predicted octanol–water partition coefficient (Wildman–Crippen LogP) is 2.47. The Kier molecular flexibility index (Phi) is 2.17. The monoisotopic (exact) mass is 213 g/mol. The van der Waals surface area contributed by atoms with Crippen LogP contribution in [0.3, 0.4) is 0 Å². The summed E-state index contributed by atoms with van der Waals surface area (Å²) in [5.41, 5.74) is 10.4. The number of nitrogen functional groups attached to an aromatic ring is 1. The lowest BCUT2D eigenvalue weighted by molar-refractivity contribution is 0.487. The van der Waals surface area contributed by atoms with Gasteiger partial charge in [-0.15, -0.1) is 0 Å². The van der Waals surface area contributed by atoms with Crippen LogP contribution in [-0.2, 0) is 13.0 Å². The van der Waals surface area contributed by atoms with Crippen molar-refractivity contribution in [3.05, 3.63) is 36.2 Å². The summed E-state index contributed by atoms with van der Waals surface area (Å²) in [5, 5.41) is 4.44. The van der Waals surface area contributed by atoms with Crippen LogP contribution in [0.1, 0.15) is 18.5 Å². The summed E-state index contributed by atoms with van der Waals surface area (Å²) in [7, 11) is 0. The summed E-state index contributed by atoms with van der Waals surface area (Å²) < 4.78 is 2.13. The third-order valence-corrected chi connectivity index (χ3v) is 3.18. The van der Waals surface area contributed by atoms with E-state index in [0.29, 0.717) is 0 Å². The molecule has 16 heavy (non-hydrogen) atoms. The maximum Gasteiger partial charge on any atom is 0.0571 e. The molecule has 1 aromatic heterocycles. The Morgan fingerprint density at radius 2 is 2.19 bits per heavy atom. The van der Waals surface area contributed by atoms with Gasteiger partial charge in [-0.25, -0.2) is 0 Å². The van der Waals surface area contributed by atoms with Crippen molar-refractivity contribution in [3.63, 3.8) is 0 Å². The van der Waals surface area contributed by atoms with Crippen molar-refractivity contribution < 1.29 is 0 Å². The predicted molar refractivity (Wildman–Crippen MR) is 65.0 cm³/mol. The van der Waals surface area contributed by atoms with Gasteiger partial charge in [0.2, 0.25) is 0 Å². The van der Waals surface area contributed by atoms with Crippen LogP contribution < -0.4 is 5.73 Å². The molecule has 1 aromatic carbocycles. The molecule has 2 N–H and O–H groups in total. The van der Waals surface area contributed by atoms with Gasteiger partial charge in [-0.2, -0.15) is 5.10 Å². The molecule has 0 spiro atoms. The van der Waals surface area contributed by atoms with Crippen LogP contribution in [0.5, 0.6) is 0 Å². The lowest BCUT2D eigenvalue weighted by Gasteiger charge is -2.14. The molecule has 1 aliphatic heterocycles. The van der Waals surface area contributed by atoms with E-state index in [1.54, 1.807) is 0 Å². The molecule has 0 amide bonds. The molecule has 3 nitrogen and oxygen atoms in total. The highest BCUT2D eigenvalue weighted by Gasteiger charge is 2.15. The van der Waals surface area contributed by atoms with E-state index in [2.05, 4.69) is 15.8 Å². The quantitative estimate of drug-likeness (QED) is 0.739. The van der Waals surface area contributed by atoms with Crippen molar-refractivity contribution in [2.45, 2.75) is 25.8 Å². The third kappa shape index (κ3) is 1.48. The van der Waals surface area contributed by atoms with E-state index in [0.717, 1.165) is 18.7 Å². The maximum absolute atomic E-state index is 5.81. The zero-order valence-electron chi connectivity index (χ0n) is 9.19. The number of benzene rings is 1. The lowest BCUT2D eigenvalue weighted by Crippen LogP contribution is -2.11. The first-order valence-electron chi connectivity index (χ1n) is 5.75. The molecule has 2 heterocycles. The Balaban J connectivity index is 2.09. The minimum absolute atomic E-state index is 0.813. The molecule has 3 rings (SSSR count). The molecule has 0 fully saturated rings. The molecule has 0 atom stereocenters. The molecule has 1 aliphatic rings. The highest BCUT2D eigenvalue weighted by Crippen LogP contribution is 2.28. The second kappa shape index (κ2) is 3.67. The summed E-state index contributed by atoms with van der Waals surface area (Å²) >= 11 is 0. The minimum Gasteiger partial charge on any atom is -0.399 e. The Morgan fingerprint density at radius 3 is 3.06 bits per heavy atom. The largest absolute Gasteiger partial charge is 0.399 e. The van der Waals surface area contributed by atoms with Crippen LogP contribution in [0.2, 0.25) is 0 Å². The highest BCUT2D eigenvalue weighted by molar-refractivity contribution is 5.69. The Labute approximate surface area is 94.9 Å². The molecular weight excluding hydrogens is 198 g/mol. The molecule has 0 aliphatic carbocycles. The zero-order chi connectivity index (χ0) is 11.0. The van der Waals surface area contributed by atoms with Crippen molar-refractivity contribution in [1.82, 2.24) is 9.78 Å². The van der Waals surface area contributed by atoms with Gasteiger partial charge in [0.1, 0.15) is 0 Å². The molecule has 0 saturated heterocycles. The van der Waals surface area contributed by atoms with Crippen molar-refractivity contribution in [2.75, 3.05) is 5.73 Å². The summed E-state index contributed by atoms with van der Waals surface area (Å²) in [5.74, 6) is 0. The zero-order valence-corrected chi connectivity index (χ0v) is 9.19. The van der Waals surface area contributed by atoms with Crippen molar-refractivity contribution in [1.29, 1.82) is 0 Å². The van der Waals surface area contributed by atoms with E-state index < -0.39 is 0 Å². The minimum atomic E-state index is 0.813. The number of hydrogen-bond acceptors (Lipinski definition) is 2. The fourth-order valence-electron chi connectivity index (χ4n) is 2.37. The van der Waals surface area contributed by atoms with Gasteiger partial charge in [0.15, 0.2) is 0 Å². The molecule has 0 bridgehead atoms. The van der Waals surface area contributed by atoms with Crippen LogP contribution in [0.4, 0.5) is 5.69 Å². The van der Waals surface area contributed by atoms with Crippen molar-refractivity contribution in [3.8, 4) is 11.1 Å². The number of hydrogen-bond donors (Lipinski definition) is 1. The van der Waals surface area contributed by atoms with Crippen LogP contribution >= 0.6 is 0 Å². The second-order valence-corrected chi connectivity index (χ2v) is 4.31. The Morgan fingerprint density at radius 1 is 1.25 bits per heavy atom. The average Bonchev–Trinajstić information content (AvgIpc) is 2.72. The first kappa shape index (κ1) is 9.46. The van der Waals surface area contributed by atoms with Gasteiger partial charge in [-0.1, -0.05) is 12.1 Å². The molecule has 3 heteroatoms. The summed E-state index contributed by atoms with van der Waals surface area (Å²) in [6.45, 7) is 1.05. The molecule has 0 radical (unpaired) electrons. The normalized spacial score (nSPS) is 14.8. The van der Waals surface area contributed by atoms with Gasteiger partial charge in [-0.05, 0) is 37.0 Å². The number of nitrogens with zero attached hydrogens (tertiary/aromatic N) is 2. The van der Waals surface area contributed by atoms with E-state index in [-0.39, 0.29) is 0 Å². The van der Waals surface area contributed by atoms with E-state index in [4.69, 9.17) is 5.73 Å². The molecule has 0 unspecified atom stereocenters. The summed E-state index contributed by atoms with van der Waals surface area (Å²) in [6, 6.07) is 8.03. The third-order valence-electron chi connectivity index (χ3n) is 3.18. The van der Waals surface area contributed by atoms with Crippen molar-refractivity contribution >= 4 is 5.69 Å². The average molecular weight is 213 g/mol. The smallest absolute Gasteiger partial charge is 0.0571 e. The maximum atomic E-state index is 5.81. The summed E-state index contributed by atoms with van der Waals surface area (Å²) in [6.07, 6.45) is 5.60. The SMILES string of the molecule is Nc1cccc(-c2cnn3c2CCCC3)c1. The van der Waals surface area contributed by atoms with E-state index in [1.165, 1.54) is 29.7 Å². The van der Waals surface area contributed by atoms with Crippen LogP contribution in [0, 0.1) is 0 Å². The van der Waals surface area contributed by atoms with Gasteiger partial charge >= 0.3 is 0 Å². The first-order chi connectivity index (χ1) is 7.84. The molecular formula is C13H15N3. The number of aromatic nitrogens is 2. The summed E-state index contributed by atoms with van der Waals surface area (Å²) in [4.78, 5) is 0. The Bertz CT molecular complexity index is 514. The highest BCUT2D eigenvalue weighted by atomic mass is 15.3. The fourth-order valence-corrected chi connectivity index (χ4v) is 2.37. The number of nitrogens with two attached hydrogens (primary N) is 1.